The Balaban J connectivity index is 1.70. The van der Waals surface area contributed by atoms with Crippen molar-refractivity contribution in [3.8, 4) is 11.1 Å². The van der Waals surface area contributed by atoms with Gasteiger partial charge in [-0.25, -0.2) is 4.39 Å². The molecule has 2 fully saturated rings. The molecule has 0 amide bonds. The molecule has 0 bridgehead atoms. The van der Waals surface area contributed by atoms with Crippen molar-refractivity contribution < 1.29 is 19.0 Å². The van der Waals surface area contributed by atoms with E-state index in [-0.39, 0.29) is 18.2 Å². The van der Waals surface area contributed by atoms with E-state index in [2.05, 4.69) is 12.1 Å². The number of halogens is 1. The highest BCUT2D eigenvalue weighted by Crippen LogP contribution is 2.45. The third kappa shape index (κ3) is 4.10. The lowest BCUT2D eigenvalue weighted by Gasteiger charge is -2.23. The quantitative estimate of drug-likeness (QED) is 0.585. The molecule has 1 saturated carbocycles. The van der Waals surface area contributed by atoms with Gasteiger partial charge in [0.1, 0.15) is 11.9 Å². The summed E-state index contributed by atoms with van der Waals surface area (Å²) in [5, 5.41) is 11.0. The first kappa shape index (κ1) is 19.9. The van der Waals surface area contributed by atoms with E-state index in [1.54, 1.807) is 12.1 Å². The summed E-state index contributed by atoms with van der Waals surface area (Å²) in [4.78, 5) is 16.7. The van der Waals surface area contributed by atoms with Crippen molar-refractivity contribution in [2.24, 2.45) is 0 Å². The summed E-state index contributed by atoms with van der Waals surface area (Å²) >= 11 is 0. The van der Waals surface area contributed by atoms with E-state index in [0.29, 0.717) is 12.3 Å². The van der Waals surface area contributed by atoms with Crippen LogP contribution in [0.25, 0.3) is 28.1 Å². The Morgan fingerprint density at radius 2 is 1.94 bits per heavy atom. The molecule has 158 valence electrons. The maximum absolute atomic E-state index is 13.7. The Kier molecular flexibility index (Phi) is 5.06. The van der Waals surface area contributed by atoms with E-state index in [9.17, 15) is 14.3 Å². The van der Waals surface area contributed by atoms with Crippen molar-refractivity contribution in [1.29, 1.82) is 0 Å². The molecular formula is C26H24FNO3. The number of carbonyl (C=O) groups is 1. The van der Waals surface area contributed by atoms with Gasteiger partial charge in [0.05, 0.1) is 23.7 Å². The first-order valence-electron chi connectivity index (χ1n) is 10.7. The molecule has 2 unspecified atom stereocenters. The predicted octanol–water partition coefficient (Wildman–Crippen LogP) is 5.31. The molecule has 1 aromatic heterocycles. The van der Waals surface area contributed by atoms with Crippen LogP contribution in [0.4, 0.5) is 4.39 Å². The third-order valence-electron chi connectivity index (χ3n) is 5.97. The number of pyridine rings is 1. The molecule has 2 heterocycles. The van der Waals surface area contributed by atoms with Gasteiger partial charge in [-0.15, -0.1) is 0 Å². The topological polar surface area (TPSA) is 59.4 Å². The standard InChI is InChI=1S/C26H24FNO3/c1-15-2-11-23-22(12-15)25(16-5-7-18(27)8-6-16)21(26(28-23)17-3-4-17)10-9-20-13-19(29)14-24(30)31-20/h2,5-12,17,19-20,29H,3-4,13-14H2,1H3/b10-9+. The Morgan fingerprint density at radius 3 is 2.65 bits per heavy atom. The minimum absolute atomic E-state index is 0.0370. The van der Waals surface area contributed by atoms with E-state index in [1.807, 2.05) is 25.1 Å². The number of carbonyl (C=O) groups excluding carboxylic acids is 1. The summed E-state index contributed by atoms with van der Waals surface area (Å²) in [6.07, 6.45) is 5.25. The van der Waals surface area contributed by atoms with Gasteiger partial charge in [-0.1, -0.05) is 29.8 Å². The lowest BCUT2D eigenvalue weighted by Crippen LogP contribution is -2.31. The first-order valence-corrected chi connectivity index (χ1v) is 10.7. The fourth-order valence-electron chi connectivity index (χ4n) is 4.31. The van der Waals surface area contributed by atoms with Crippen molar-refractivity contribution in [3.05, 3.63) is 71.2 Å². The summed E-state index contributed by atoms with van der Waals surface area (Å²) in [6.45, 7) is 2.04. The van der Waals surface area contributed by atoms with Gasteiger partial charge in [-0.05, 0) is 55.7 Å². The van der Waals surface area contributed by atoms with Crippen LogP contribution >= 0.6 is 0 Å². The molecular weight excluding hydrogens is 393 g/mol. The molecule has 31 heavy (non-hydrogen) atoms. The summed E-state index contributed by atoms with van der Waals surface area (Å²) in [5.74, 6) is -0.271. The van der Waals surface area contributed by atoms with Crippen LogP contribution in [0.1, 0.15) is 48.4 Å². The van der Waals surface area contributed by atoms with Crippen LogP contribution in [0.5, 0.6) is 0 Å². The fourth-order valence-corrected chi connectivity index (χ4v) is 4.31. The zero-order valence-electron chi connectivity index (χ0n) is 17.3. The average Bonchev–Trinajstić information content (AvgIpc) is 3.57. The molecule has 2 aromatic carbocycles. The van der Waals surface area contributed by atoms with E-state index in [1.165, 1.54) is 12.1 Å². The zero-order chi connectivity index (χ0) is 21.5. The molecule has 0 spiro atoms. The smallest absolute Gasteiger partial charge is 0.309 e. The predicted molar refractivity (Wildman–Crippen MR) is 118 cm³/mol. The molecule has 2 atom stereocenters. The Morgan fingerprint density at radius 1 is 1.16 bits per heavy atom. The van der Waals surface area contributed by atoms with Gasteiger partial charge in [0.2, 0.25) is 0 Å². The molecule has 1 N–H and O–H groups in total. The lowest BCUT2D eigenvalue weighted by molar-refractivity contribution is -0.156. The maximum atomic E-state index is 13.7. The van der Waals surface area contributed by atoms with E-state index < -0.39 is 12.2 Å². The molecule has 1 aliphatic carbocycles. The summed E-state index contributed by atoms with van der Waals surface area (Å²) in [7, 11) is 0. The number of fused-ring (bicyclic) bond motifs is 1. The van der Waals surface area contributed by atoms with Gasteiger partial charge in [0.25, 0.3) is 0 Å². The van der Waals surface area contributed by atoms with Crippen LogP contribution in [0.2, 0.25) is 0 Å². The largest absolute Gasteiger partial charge is 0.458 e. The van der Waals surface area contributed by atoms with Gasteiger partial charge in [-0.3, -0.25) is 9.78 Å². The summed E-state index contributed by atoms with van der Waals surface area (Å²) in [6, 6.07) is 12.7. The molecule has 2 aliphatic rings. The molecule has 0 radical (unpaired) electrons. The van der Waals surface area contributed by atoms with E-state index in [0.717, 1.165) is 51.7 Å². The monoisotopic (exact) mass is 417 g/mol. The third-order valence-corrected chi connectivity index (χ3v) is 5.97. The average molecular weight is 417 g/mol. The van der Waals surface area contributed by atoms with Crippen LogP contribution in [0.3, 0.4) is 0 Å². The van der Waals surface area contributed by atoms with Crippen molar-refractivity contribution >= 4 is 22.9 Å². The van der Waals surface area contributed by atoms with Gasteiger partial charge < -0.3 is 9.84 Å². The fraction of sp³-hybridized carbons (Fsp3) is 0.308. The number of hydrogen-bond donors (Lipinski definition) is 1. The zero-order valence-corrected chi connectivity index (χ0v) is 17.3. The second kappa shape index (κ2) is 7.89. The van der Waals surface area contributed by atoms with Crippen LogP contribution in [-0.4, -0.2) is 28.3 Å². The van der Waals surface area contributed by atoms with Crippen molar-refractivity contribution in [2.45, 2.75) is 50.7 Å². The molecule has 1 saturated heterocycles. The van der Waals surface area contributed by atoms with Gasteiger partial charge in [0, 0.05) is 28.9 Å². The lowest BCUT2D eigenvalue weighted by atomic mass is 9.91. The number of esters is 1. The highest BCUT2D eigenvalue weighted by Gasteiger charge is 2.30. The Bertz CT molecular complexity index is 1180. The van der Waals surface area contributed by atoms with Gasteiger partial charge >= 0.3 is 5.97 Å². The molecule has 3 aromatic rings. The number of ether oxygens (including phenoxy) is 1. The number of nitrogens with zero attached hydrogens (tertiary/aromatic N) is 1. The second-order valence-corrected chi connectivity index (χ2v) is 8.57. The minimum atomic E-state index is -0.687. The SMILES string of the molecule is Cc1ccc2nc(C3CC3)c(/C=C/C3CC(O)CC(=O)O3)c(-c3ccc(F)cc3)c2c1. The molecule has 4 nitrogen and oxygen atoms in total. The normalized spacial score (nSPS) is 21.6. The second-order valence-electron chi connectivity index (χ2n) is 8.57. The van der Waals surface area contributed by atoms with Crippen LogP contribution in [0.15, 0.2) is 48.5 Å². The van der Waals surface area contributed by atoms with Crippen LogP contribution < -0.4 is 0 Å². The van der Waals surface area contributed by atoms with Crippen molar-refractivity contribution in [1.82, 2.24) is 4.98 Å². The van der Waals surface area contributed by atoms with Crippen LogP contribution in [0, 0.1) is 12.7 Å². The van der Waals surface area contributed by atoms with E-state index in [4.69, 9.17) is 9.72 Å². The molecule has 5 heteroatoms. The minimum Gasteiger partial charge on any atom is -0.458 e. The Labute approximate surface area is 180 Å². The maximum Gasteiger partial charge on any atom is 0.309 e. The van der Waals surface area contributed by atoms with Gasteiger partial charge in [-0.2, -0.15) is 0 Å². The number of aromatic nitrogens is 1. The Hall–Kier alpha value is -3.05. The number of aryl methyl sites for hydroxylation is 1. The highest BCUT2D eigenvalue weighted by molar-refractivity contribution is 6.00. The van der Waals surface area contributed by atoms with E-state index >= 15 is 0 Å². The molecule has 5 rings (SSSR count). The summed E-state index contributed by atoms with van der Waals surface area (Å²) in [5.41, 5.74) is 5.97. The van der Waals surface area contributed by atoms with Crippen molar-refractivity contribution in [2.75, 3.05) is 0 Å². The number of hydrogen-bond acceptors (Lipinski definition) is 4. The van der Waals surface area contributed by atoms with Crippen molar-refractivity contribution in [3.63, 3.8) is 0 Å². The number of aliphatic hydroxyl groups is 1. The number of benzene rings is 2. The number of cyclic esters (lactones) is 1. The first-order chi connectivity index (χ1) is 15.0. The number of aliphatic hydroxyl groups excluding tert-OH is 1. The summed E-state index contributed by atoms with van der Waals surface area (Å²) < 4.78 is 19.1. The highest BCUT2D eigenvalue weighted by atomic mass is 19.1. The molecule has 1 aliphatic heterocycles. The van der Waals surface area contributed by atoms with Crippen LogP contribution in [-0.2, 0) is 9.53 Å². The number of rotatable bonds is 4. The van der Waals surface area contributed by atoms with Gasteiger partial charge in [0.15, 0.2) is 0 Å².